The first-order valence-corrected chi connectivity index (χ1v) is 9.75. The fourth-order valence-corrected chi connectivity index (χ4v) is 3.46. The van der Waals surface area contributed by atoms with Gasteiger partial charge in [0.1, 0.15) is 11.5 Å². The van der Waals surface area contributed by atoms with E-state index in [9.17, 15) is 14.4 Å². The summed E-state index contributed by atoms with van der Waals surface area (Å²) in [5.74, 6) is -0.105. The van der Waals surface area contributed by atoms with E-state index in [1.54, 1.807) is 54.6 Å². The van der Waals surface area contributed by atoms with Crippen molar-refractivity contribution in [1.29, 1.82) is 0 Å². The maximum absolute atomic E-state index is 12.7. The van der Waals surface area contributed by atoms with Crippen molar-refractivity contribution in [2.75, 3.05) is 18.1 Å². The second kappa shape index (κ2) is 9.29. The zero-order valence-electron chi connectivity index (χ0n) is 15.7. The van der Waals surface area contributed by atoms with E-state index in [0.29, 0.717) is 28.7 Å². The van der Waals surface area contributed by atoms with Gasteiger partial charge >= 0.3 is 5.97 Å². The first-order valence-electron chi connectivity index (χ1n) is 8.93. The largest absolute Gasteiger partial charge is 0.494 e. The number of anilines is 1. The normalized spacial score (nSPS) is 15.1. The molecule has 0 atom stereocenters. The Morgan fingerprint density at radius 1 is 1.03 bits per heavy atom. The van der Waals surface area contributed by atoms with Crippen molar-refractivity contribution in [3.05, 3.63) is 59.0 Å². The van der Waals surface area contributed by atoms with Crippen molar-refractivity contribution >= 4 is 40.6 Å². The van der Waals surface area contributed by atoms with Crippen molar-refractivity contribution in [3.8, 4) is 11.5 Å². The fraction of sp³-hybridized carbons (Fsp3) is 0.190. The SMILES string of the molecule is CCOc1ccc(N2C(=O)S/C(=C/c3ccc(OCCC(=O)O)cc3)C2=O)cc1. The van der Waals surface area contributed by atoms with Gasteiger partial charge < -0.3 is 14.6 Å². The summed E-state index contributed by atoms with van der Waals surface area (Å²) in [5, 5.41) is 8.26. The highest BCUT2D eigenvalue weighted by Gasteiger charge is 2.36. The molecule has 1 heterocycles. The number of carboxylic acids is 1. The summed E-state index contributed by atoms with van der Waals surface area (Å²) in [4.78, 5) is 37.0. The summed E-state index contributed by atoms with van der Waals surface area (Å²) >= 11 is 0.878. The van der Waals surface area contributed by atoms with E-state index in [4.69, 9.17) is 14.6 Å². The summed E-state index contributed by atoms with van der Waals surface area (Å²) in [6, 6.07) is 13.6. The second-order valence-corrected chi connectivity index (χ2v) is 7.00. The van der Waals surface area contributed by atoms with Gasteiger partial charge in [-0.3, -0.25) is 14.4 Å². The Hall–Kier alpha value is -3.26. The molecule has 1 aliphatic rings. The number of ether oxygens (including phenoxy) is 2. The Morgan fingerprint density at radius 2 is 1.66 bits per heavy atom. The molecule has 0 saturated carbocycles. The third kappa shape index (κ3) is 5.17. The van der Waals surface area contributed by atoms with Crippen molar-refractivity contribution in [1.82, 2.24) is 0 Å². The molecule has 1 N–H and O–H groups in total. The van der Waals surface area contributed by atoms with Crippen molar-refractivity contribution in [2.24, 2.45) is 0 Å². The molecule has 150 valence electrons. The molecule has 2 aromatic rings. The first-order chi connectivity index (χ1) is 14.0. The van der Waals surface area contributed by atoms with Gasteiger partial charge in [-0.25, -0.2) is 4.90 Å². The van der Waals surface area contributed by atoms with E-state index >= 15 is 0 Å². The summed E-state index contributed by atoms with van der Waals surface area (Å²) in [6.45, 7) is 2.49. The smallest absolute Gasteiger partial charge is 0.306 e. The van der Waals surface area contributed by atoms with Crippen LogP contribution < -0.4 is 14.4 Å². The quantitative estimate of drug-likeness (QED) is 0.649. The van der Waals surface area contributed by atoms with Gasteiger partial charge in [-0.1, -0.05) is 12.1 Å². The highest BCUT2D eigenvalue weighted by Crippen LogP contribution is 2.36. The highest BCUT2D eigenvalue weighted by atomic mass is 32.2. The lowest BCUT2D eigenvalue weighted by molar-refractivity contribution is -0.137. The molecule has 2 aromatic carbocycles. The molecule has 0 unspecified atom stereocenters. The number of rotatable bonds is 8. The van der Waals surface area contributed by atoms with Gasteiger partial charge in [-0.2, -0.15) is 0 Å². The van der Waals surface area contributed by atoms with Crippen LogP contribution in [0.1, 0.15) is 18.9 Å². The van der Waals surface area contributed by atoms with Crippen LogP contribution in [0.3, 0.4) is 0 Å². The van der Waals surface area contributed by atoms with Gasteiger partial charge in [0.15, 0.2) is 0 Å². The van der Waals surface area contributed by atoms with Crippen LogP contribution >= 0.6 is 11.8 Å². The summed E-state index contributed by atoms with van der Waals surface area (Å²) < 4.78 is 10.7. The molecular weight excluding hydrogens is 394 g/mol. The minimum Gasteiger partial charge on any atom is -0.494 e. The van der Waals surface area contributed by atoms with Crippen LogP contribution in [0, 0.1) is 0 Å². The van der Waals surface area contributed by atoms with Gasteiger partial charge in [0.2, 0.25) is 0 Å². The number of amides is 2. The van der Waals surface area contributed by atoms with E-state index in [-0.39, 0.29) is 24.2 Å². The Labute approximate surface area is 171 Å². The van der Waals surface area contributed by atoms with E-state index in [0.717, 1.165) is 22.2 Å². The van der Waals surface area contributed by atoms with Crippen LogP contribution in [0.5, 0.6) is 11.5 Å². The van der Waals surface area contributed by atoms with Crippen LogP contribution in [0.25, 0.3) is 6.08 Å². The lowest BCUT2D eigenvalue weighted by Gasteiger charge is -2.13. The zero-order valence-corrected chi connectivity index (χ0v) is 16.5. The monoisotopic (exact) mass is 413 g/mol. The van der Waals surface area contributed by atoms with Crippen LogP contribution in [-0.2, 0) is 9.59 Å². The van der Waals surface area contributed by atoms with Crippen molar-refractivity contribution in [3.63, 3.8) is 0 Å². The van der Waals surface area contributed by atoms with Gasteiger partial charge in [0, 0.05) is 0 Å². The number of hydrogen-bond acceptors (Lipinski definition) is 6. The fourth-order valence-electron chi connectivity index (χ4n) is 2.62. The molecule has 8 heteroatoms. The van der Waals surface area contributed by atoms with Crippen LogP contribution in [0.2, 0.25) is 0 Å². The molecule has 3 rings (SSSR count). The summed E-state index contributed by atoms with van der Waals surface area (Å²) in [5.41, 5.74) is 1.22. The lowest BCUT2D eigenvalue weighted by atomic mass is 10.2. The van der Waals surface area contributed by atoms with Crippen LogP contribution in [0.4, 0.5) is 10.5 Å². The van der Waals surface area contributed by atoms with E-state index < -0.39 is 5.97 Å². The van der Waals surface area contributed by atoms with Crippen LogP contribution in [-0.4, -0.2) is 35.4 Å². The van der Waals surface area contributed by atoms with Gasteiger partial charge in [-0.15, -0.1) is 0 Å². The Morgan fingerprint density at radius 3 is 2.28 bits per heavy atom. The Kier molecular flexibility index (Phi) is 6.56. The maximum atomic E-state index is 12.7. The number of carbonyl (C=O) groups excluding carboxylic acids is 2. The number of thioether (sulfide) groups is 1. The third-order valence-electron chi connectivity index (χ3n) is 3.96. The number of hydrogen-bond donors (Lipinski definition) is 1. The number of carbonyl (C=O) groups is 3. The molecule has 0 spiro atoms. The number of nitrogens with zero attached hydrogens (tertiary/aromatic N) is 1. The number of benzene rings is 2. The maximum Gasteiger partial charge on any atom is 0.306 e. The average molecular weight is 413 g/mol. The van der Waals surface area contributed by atoms with Gasteiger partial charge in [0.25, 0.3) is 11.1 Å². The lowest BCUT2D eigenvalue weighted by Crippen LogP contribution is -2.27. The first kappa shape index (κ1) is 20.5. The Balaban J connectivity index is 1.70. The molecule has 0 bridgehead atoms. The van der Waals surface area contributed by atoms with Crippen molar-refractivity contribution < 1.29 is 29.0 Å². The predicted octanol–water partition coefficient (Wildman–Crippen LogP) is 4.18. The number of imide groups is 1. The minimum atomic E-state index is -0.926. The predicted molar refractivity (Wildman–Crippen MR) is 110 cm³/mol. The molecule has 7 nitrogen and oxygen atoms in total. The molecular formula is C21H19NO6S. The molecule has 0 aliphatic carbocycles. The van der Waals surface area contributed by atoms with Crippen LogP contribution in [0.15, 0.2) is 53.4 Å². The highest BCUT2D eigenvalue weighted by molar-refractivity contribution is 8.19. The van der Waals surface area contributed by atoms with Gasteiger partial charge in [-0.05, 0) is 66.7 Å². The molecule has 1 aliphatic heterocycles. The average Bonchev–Trinajstić information content (AvgIpc) is 2.97. The molecule has 1 fully saturated rings. The molecule has 29 heavy (non-hydrogen) atoms. The standard InChI is InChI=1S/C21H19NO6S/c1-2-27-16-9-5-15(6-10-16)22-20(25)18(29-21(22)26)13-14-3-7-17(8-4-14)28-12-11-19(23)24/h3-10,13H,2,11-12H2,1H3,(H,23,24)/b18-13+. The second-order valence-electron chi connectivity index (χ2n) is 6.01. The third-order valence-corrected chi connectivity index (χ3v) is 4.83. The zero-order chi connectivity index (χ0) is 20.8. The molecule has 0 radical (unpaired) electrons. The van der Waals surface area contributed by atoms with E-state index in [1.165, 1.54) is 0 Å². The van der Waals surface area contributed by atoms with Crippen molar-refractivity contribution in [2.45, 2.75) is 13.3 Å². The minimum absolute atomic E-state index is 0.0790. The summed E-state index contributed by atoms with van der Waals surface area (Å²) in [7, 11) is 0. The molecule has 1 saturated heterocycles. The topological polar surface area (TPSA) is 93.1 Å². The Bertz CT molecular complexity index is 937. The number of carboxylic acid groups (broad SMARTS) is 1. The van der Waals surface area contributed by atoms with E-state index in [2.05, 4.69) is 0 Å². The van der Waals surface area contributed by atoms with Gasteiger partial charge in [0.05, 0.1) is 30.2 Å². The molecule has 2 amide bonds. The number of aliphatic carboxylic acids is 1. The summed E-state index contributed by atoms with van der Waals surface area (Å²) in [6.07, 6.45) is 1.56. The molecule has 0 aromatic heterocycles. The van der Waals surface area contributed by atoms with E-state index in [1.807, 2.05) is 6.92 Å².